The lowest BCUT2D eigenvalue weighted by atomic mass is 9.88. The van der Waals surface area contributed by atoms with E-state index in [-0.39, 0.29) is 0 Å². The van der Waals surface area contributed by atoms with E-state index in [0.29, 0.717) is 17.5 Å². The molecule has 0 saturated carbocycles. The first-order valence-corrected chi connectivity index (χ1v) is 15.8. The van der Waals surface area contributed by atoms with Crippen LogP contribution in [0.2, 0.25) is 0 Å². The first-order valence-electron chi connectivity index (χ1n) is 15.8. The van der Waals surface area contributed by atoms with Gasteiger partial charge in [0, 0.05) is 27.5 Å². The van der Waals surface area contributed by atoms with Crippen LogP contribution in [0.15, 0.2) is 156 Å². The van der Waals surface area contributed by atoms with E-state index in [9.17, 15) is 0 Å². The Bertz CT molecular complexity index is 2550. The summed E-state index contributed by atoms with van der Waals surface area (Å²) in [6, 6.07) is 52.7. The zero-order valence-electron chi connectivity index (χ0n) is 25.2. The molecule has 218 valence electrons. The van der Waals surface area contributed by atoms with Gasteiger partial charge in [0.15, 0.2) is 17.5 Å². The Kier molecular flexibility index (Phi) is 5.54. The van der Waals surface area contributed by atoms with Crippen LogP contribution in [-0.2, 0) is 0 Å². The topological polar surface area (TPSA) is 51.8 Å². The maximum absolute atomic E-state index is 6.33. The molecule has 7 aromatic carbocycles. The van der Waals surface area contributed by atoms with E-state index in [4.69, 9.17) is 19.4 Å². The molecule has 2 heterocycles. The van der Waals surface area contributed by atoms with Crippen LogP contribution in [0.4, 0.5) is 0 Å². The molecule has 10 rings (SSSR count). The Hall–Kier alpha value is -6.39. The number of fused-ring (bicyclic) bond motifs is 2. The van der Waals surface area contributed by atoms with Crippen molar-refractivity contribution in [1.82, 2.24) is 15.0 Å². The molecule has 0 spiro atoms. The van der Waals surface area contributed by atoms with Crippen molar-refractivity contribution in [2.24, 2.45) is 0 Å². The fourth-order valence-corrected chi connectivity index (χ4v) is 7.19. The molecule has 4 nitrogen and oxygen atoms in total. The van der Waals surface area contributed by atoms with E-state index < -0.39 is 0 Å². The third kappa shape index (κ3) is 3.98. The van der Waals surface area contributed by atoms with Gasteiger partial charge in [-0.1, -0.05) is 133 Å². The summed E-state index contributed by atoms with van der Waals surface area (Å²) in [6.07, 6.45) is 0. The van der Waals surface area contributed by atoms with Crippen molar-refractivity contribution in [2.75, 3.05) is 0 Å². The second-order valence-corrected chi connectivity index (χ2v) is 12.0. The first kappa shape index (κ1) is 25.9. The molecule has 0 saturated heterocycles. The van der Waals surface area contributed by atoms with Crippen molar-refractivity contribution < 1.29 is 4.42 Å². The van der Waals surface area contributed by atoms with Crippen molar-refractivity contribution in [2.45, 2.75) is 0 Å². The number of furan rings is 1. The third-order valence-corrected chi connectivity index (χ3v) is 9.27. The molecule has 4 heteroatoms. The van der Waals surface area contributed by atoms with Gasteiger partial charge in [-0.05, 0) is 62.4 Å². The number of aromatic nitrogens is 3. The zero-order chi connectivity index (χ0) is 30.9. The van der Waals surface area contributed by atoms with Crippen LogP contribution in [-0.4, -0.2) is 15.0 Å². The fourth-order valence-electron chi connectivity index (χ4n) is 7.19. The summed E-state index contributed by atoms with van der Waals surface area (Å²) in [6.45, 7) is 0. The molecule has 1 aliphatic rings. The normalized spacial score (nSPS) is 11.8. The fraction of sp³-hybridized carbons (Fsp3) is 0. The SMILES string of the molecule is c1ccc(-c2nc(-c3ccccc3)nc(-c3cccc(-c4ccc5c6c(cccc46)-c4cccc6oc7cccc-5c7c46)c3)n2)cc1. The lowest BCUT2D eigenvalue weighted by Gasteiger charge is -2.15. The summed E-state index contributed by atoms with van der Waals surface area (Å²) in [5.41, 5.74) is 11.8. The average Bonchev–Trinajstić information content (AvgIpc) is 3.48. The number of nitrogens with zero attached hydrogens (tertiary/aromatic N) is 3. The van der Waals surface area contributed by atoms with Gasteiger partial charge in [-0.3, -0.25) is 0 Å². The van der Waals surface area contributed by atoms with Crippen LogP contribution in [0.3, 0.4) is 0 Å². The van der Waals surface area contributed by atoms with E-state index >= 15 is 0 Å². The monoisotopic (exact) mass is 599 g/mol. The van der Waals surface area contributed by atoms with Crippen molar-refractivity contribution >= 4 is 32.7 Å². The Morgan fingerprint density at radius 1 is 0.319 bits per heavy atom. The number of hydrogen-bond donors (Lipinski definition) is 0. The minimum absolute atomic E-state index is 0.643. The predicted molar refractivity (Wildman–Crippen MR) is 191 cm³/mol. The van der Waals surface area contributed by atoms with Crippen LogP contribution < -0.4 is 0 Å². The van der Waals surface area contributed by atoms with Gasteiger partial charge in [0.05, 0.1) is 0 Å². The van der Waals surface area contributed by atoms with Gasteiger partial charge in [-0.25, -0.2) is 15.0 Å². The molecular weight excluding hydrogens is 574 g/mol. The zero-order valence-corrected chi connectivity index (χ0v) is 25.2. The first-order chi connectivity index (χ1) is 23.3. The van der Waals surface area contributed by atoms with Gasteiger partial charge in [-0.15, -0.1) is 0 Å². The molecule has 0 amide bonds. The highest BCUT2D eigenvalue weighted by molar-refractivity contribution is 6.26. The largest absolute Gasteiger partial charge is 0.456 e. The summed E-state index contributed by atoms with van der Waals surface area (Å²) in [5, 5.41) is 4.83. The average molecular weight is 600 g/mol. The number of benzene rings is 7. The molecule has 2 aromatic heterocycles. The summed E-state index contributed by atoms with van der Waals surface area (Å²) in [5.74, 6) is 1.95. The lowest BCUT2D eigenvalue weighted by molar-refractivity contribution is 0.669. The standard InChI is InChI=1S/C43H25N3O/c1-3-11-26(12-4-1)41-44-42(27-13-5-2-6-14-27)46-43(45-41)29-16-7-15-28(25-29)30-23-24-35-34-20-10-22-37-40(34)39-33(19-9-21-36(39)47-37)32-18-8-17-31(30)38(32)35/h1-25H. The molecular formula is C43H25N3O. The number of rotatable bonds is 4. The van der Waals surface area contributed by atoms with Crippen LogP contribution in [0.1, 0.15) is 0 Å². The van der Waals surface area contributed by atoms with Gasteiger partial charge < -0.3 is 4.42 Å². The van der Waals surface area contributed by atoms with E-state index in [1.165, 1.54) is 49.4 Å². The lowest BCUT2D eigenvalue weighted by Crippen LogP contribution is -2.00. The predicted octanol–water partition coefficient (Wildman–Crippen LogP) is 11.2. The van der Waals surface area contributed by atoms with E-state index in [2.05, 4.69) is 91.0 Å². The molecule has 0 unspecified atom stereocenters. The van der Waals surface area contributed by atoms with E-state index in [1.807, 2.05) is 60.7 Å². The highest BCUT2D eigenvalue weighted by atomic mass is 16.3. The van der Waals surface area contributed by atoms with Gasteiger partial charge in [-0.2, -0.15) is 0 Å². The molecule has 1 aliphatic carbocycles. The van der Waals surface area contributed by atoms with Gasteiger partial charge in [0.25, 0.3) is 0 Å². The quantitative estimate of drug-likeness (QED) is 0.202. The highest BCUT2D eigenvalue weighted by Crippen LogP contribution is 2.50. The summed E-state index contributed by atoms with van der Waals surface area (Å²) >= 11 is 0. The molecule has 0 bridgehead atoms. The Balaban J connectivity index is 1.18. The van der Waals surface area contributed by atoms with Crippen LogP contribution >= 0.6 is 0 Å². The maximum Gasteiger partial charge on any atom is 0.164 e. The van der Waals surface area contributed by atoms with Crippen molar-refractivity contribution in [3.63, 3.8) is 0 Å². The smallest absolute Gasteiger partial charge is 0.164 e. The Morgan fingerprint density at radius 3 is 1.38 bits per heavy atom. The second kappa shape index (κ2) is 10.1. The van der Waals surface area contributed by atoms with Crippen molar-refractivity contribution in [1.29, 1.82) is 0 Å². The van der Waals surface area contributed by atoms with Gasteiger partial charge >= 0.3 is 0 Å². The summed E-state index contributed by atoms with van der Waals surface area (Å²) in [4.78, 5) is 14.9. The molecule has 47 heavy (non-hydrogen) atoms. The van der Waals surface area contributed by atoms with Gasteiger partial charge in [0.1, 0.15) is 11.2 Å². The van der Waals surface area contributed by atoms with Crippen LogP contribution in [0, 0.1) is 0 Å². The molecule has 9 aromatic rings. The Morgan fingerprint density at radius 2 is 0.766 bits per heavy atom. The van der Waals surface area contributed by atoms with Crippen molar-refractivity contribution in [3.05, 3.63) is 152 Å². The molecule has 0 N–H and O–H groups in total. The molecule has 0 aliphatic heterocycles. The minimum atomic E-state index is 0.643. The van der Waals surface area contributed by atoms with Crippen LogP contribution in [0.25, 0.3) is 100 Å². The molecule has 0 radical (unpaired) electrons. The maximum atomic E-state index is 6.33. The summed E-state index contributed by atoms with van der Waals surface area (Å²) in [7, 11) is 0. The molecule has 0 atom stereocenters. The van der Waals surface area contributed by atoms with Crippen molar-refractivity contribution in [3.8, 4) is 67.5 Å². The minimum Gasteiger partial charge on any atom is -0.456 e. The highest BCUT2D eigenvalue weighted by Gasteiger charge is 2.24. The van der Waals surface area contributed by atoms with E-state index in [1.54, 1.807) is 0 Å². The second-order valence-electron chi connectivity index (χ2n) is 12.0. The Labute approximate surface area is 270 Å². The number of hydrogen-bond acceptors (Lipinski definition) is 4. The van der Waals surface area contributed by atoms with Gasteiger partial charge in [0.2, 0.25) is 0 Å². The third-order valence-electron chi connectivity index (χ3n) is 9.27. The molecule has 0 fully saturated rings. The van der Waals surface area contributed by atoms with Crippen LogP contribution in [0.5, 0.6) is 0 Å². The summed E-state index contributed by atoms with van der Waals surface area (Å²) < 4.78 is 6.33. The van der Waals surface area contributed by atoms with E-state index in [0.717, 1.165) is 33.4 Å².